The number of likely N-dealkylation sites (tertiary alicyclic amines) is 1. The van der Waals surface area contributed by atoms with Crippen LogP contribution in [0.2, 0.25) is 0 Å². The van der Waals surface area contributed by atoms with Crippen LogP contribution in [0.4, 0.5) is 10.1 Å². The number of carbonyl (C=O) groups is 2. The van der Waals surface area contributed by atoms with Crippen molar-refractivity contribution in [3.8, 4) is 0 Å². The number of piperidine rings is 1. The molecule has 0 aliphatic carbocycles. The minimum Gasteiger partial charge on any atom is -0.351 e. The minimum atomic E-state index is -0.317. The van der Waals surface area contributed by atoms with Gasteiger partial charge >= 0.3 is 0 Å². The molecular weight excluding hydrogens is 345 g/mol. The SMILES string of the molecule is O=C(CN1CCC(C(=O)Nc2ccccc2)CC1)NCc1ccccc1F. The van der Waals surface area contributed by atoms with Gasteiger partial charge in [0.15, 0.2) is 0 Å². The molecule has 2 N–H and O–H groups in total. The van der Waals surface area contributed by atoms with Crippen LogP contribution < -0.4 is 10.6 Å². The second-order valence-corrected chi connectivity index (χ2v) is 6.77. The maximum Gasteiger partial charge on any atom is 0.234 e. The van der Waals surface area contributed by atoms with E-state index in [1.165, 1.54) is 6.07 Å². The molecule has 1 fully saturated rings. The third-order valence-electron chi connectivity index (χ3n) is 4.80. The molecule has 2 aromatic carbocycles. The summed E-state index contributed by atoms with van der Waals surface area (Å²) in [7, 11) is 0. The smallest absolute Gasteiger partial charge is 0.234 e. The summed E-state index contributed by atoms with van der Waals surface area (Å²) in [6, 6.07) is 15.8. The molecule has 6 heteroatoms. The summed E-state index contributed by atoms with van der Waals surface area (Å²) in [5.41, 5.74) is 1.28. The maximum absolute atomic E-state index is 13.6. The molecule has 3 rings (SSSR count). The van der Waals surface area contributed by atoms with Crippen molar-refractivity contribution >= 4 is 17.5 Å². The number of benzene rings is 2. The lowest BCUT2D eigenvalue weighted by molar-refractivity contribution is -0.123. The fourth-order valence-corrected chi connectivity index (χ4v) is 3.21. The van der Waals surface area contributed by atoms with Crippen LogP contribution in [-0.4, -0.2) is 36.3 Å². The second-order valence-electron chi connectivity index (χ2n) is 6.77. The predicted octanol–water partition coefficient (Wildman–Crippen LogP) is 2.79. The molecule has 0 radical (unpaired) electrons. The predicted molar refractivity (Wildman–Crippen MR) is 102 cm³/mol. The van der Waals surface area contributed by atoms with Gasteiger partial charge in [0.05, 0.1) is 6.54 Å². The highest BCUT2D eigenvalue weighted by molar-refractivity contribution is 5.92. The number of nitrogens with one attached hydrogen (secondary N) is 2. The van der Waals surface area contributed by atoms with Crippen LogP contribution in [0.1, 0.15) is 18.4 Å². The Morgan fingerprint density at radius 3 is 2.37 bits per heavy atom. The van der Waals surface area contributed by atoms with Gasteiger partial charge in [0, 0.05) is 23.7 Å². The van der Waals surface area contributed by atoms with Crippen LogP contribution in [-0.2, 0) is 16.1 Å². The minimum absolute atomic E-state index is 0.0323. The molecule has 0 saturated carbocycles. The van der Waals surface area contributed by atoms with Crippen LogP contribution in [0.3, 0.4) is 0 Å². The van der Waals surface area contributed by atoms with E-state index in [2.05, 4.69) is 10.6 Å². The van der Waals surface area contributed by atoms with Gasteiger partial charge in [-0.1, -0.05) is 36.4 Å². The average Bonchev–Trinajstić information content (AvgIpc) is 2.69. The fraction of sp³-hybridized carbons (Fsp3) is 0.333. The molecule has 0 aromatic heterocycles. The summed E-state index contributed by atoms with van der Waals surface area (Å²) in [5, 5.41) is 5.69. The summed E-state index contributed by atoms with van der Waals surface area (Å²) in [5.74, 6) is -0.457. The molecule has 0 bridgehead atoms. The number of carbonyl (C=O) groups excluding carboxylic acids is 2. The number of anilines is 1. The lowest BCUT2D eigenvalue weighted by Gasteiger charge is -2.30. The van der Waals surface area contributed by atoms with Crippen molar-refractivity contribution in [3.63, 3.8) is 0 Å². The van der Waals surface area contributed by atoms with Crippen LogP contribution in [0.15, 0.2) is 54.6 Å². The number of amides is 2. The summed E-state index contributed by atoms with van der Waals surface area (Å²) < 4.78 is 13.6. The Bertz CT molecular complexity index is 774. The first-order valence-corrected chi connectivity index (χ1v) is 9.20. The number of hydrogen-bond acceptors (Lipinski definition) is 3. The molecule has 1 aliphatic rings. The lowest BCUT2D eigenvalue weighted by Crippen LogP contribution is -2.43. The topological polar surface area (TPSA) is 61.4 Å². The van der Waals surface area contributed by atoms with Gasteiger partial charge in [-0.25, -0.2) is 4.39 Å². The Morgan fingerprint density at radius 2 is 1.67 bits per heavy atom. The molecule has 1 aliphatic heterocycles. The highest BCUT2D eigenvalue weighted by Crippen LogP contribution is 2.19. The van der Waals surface area contributed by atoms with Crippen molar-refractivity contribution in [1.29, 1.82) is 0 Å². The van der Waals surface area contributed by atoms with E-state index in [0.717, 1.165) is 18.5 Å². The molecule has 1 heterocycles. The van der Waals surface area contributed by atoms with E-state index in [0.29, 0.717) is 18.7 Å². The first kappa shape index (κ1) is 19.0. The molecule has 2 aromatic rings. The van der Waals surface area contributed by atoms with Gasteiger partial charge in [-0.3, -0.25) is 14.5 Å². The monoisotopic (exact) mass is 369 g/mol. The molecule has 0 unspecified atom stereocenters. The molecule has 0 atom stereocenters. The molecule has 27 heavy (non-hydrogen) atoms. The maximum atomic E-state index is 13.6. The third kappa shape index (κ3) is 5.62. The van der Waals surface area contributed by atoms with E-state index in [4.69, 9.17) is 0 Å². The van der Waals surface area contributed by atoms with E-state index >= 15 is 0 Å². The van der Waals surface area contributed by atoms with Crippen molar-refractivity contribution < 1.29 is 14.0 Å². The number of halogens is 1. The Kier molecular flexibility index (Phi) is 6.54. The largest absolute Gasteiger partial charge is 0.351 e. The highest BCUT2D eigenvalue weighted by atomic mass is 19.1. The van der Waals surface area contributed by atoms with E-state index in [1.54, 1.807) is 18.2 Å². The van der Waals surface area contributed by atoms with Gasteiger partial charge in [0.2, 0.25) is 11.8 Å². The summed E-state index contributed by atoms with van der Waals surface area (Å²) in [6.45, 7) is 1.84. The molecule has 1 saturated heterocycles. The second kappa shape index (κ2) is 9.28. The zero-order chi connectivity index (χ0) is 19.1. The number of hydrogen-bond donors (Lipinski definition) is 2. The van der Waals surface area contributed by atoms with E-state index in [9.17, 15) is 14.0 Å². The van der Waals surface area contributed by atoms with Crippen molar-refractivity contribution in [2.75, 3.05) is 25.0 Å². The van der Waals surface area contributed by atoms with Crippen LogP contribution in [0, 0.1) is 11.7 Å². The average molecular weight is 369 g/mol. The zero-order valence-electron chi connectivity index (χ0n) is 15.2. The summed E-state index contributed by atoms with van der Waals surface area (Å²) >= 11 is 0. The van der Waals surface area contributed by atoms with Gasteiger partial charge < -0.3 is 10.6 Å². The van der Waals surface area contributed by atoms with E-state index in [1.807, 2.05) is 35.2 Å². The van der Waals surface area contributed by atoms with Crippen LogP contribution >= 0.6 is 0 Å². The number of para-hydroxylation sites is 1. The summed E-state index contributed by atoms with van der Waals surface area (Å²) in [4.78, 5) is 26.5. The Morgan fingerprint density at radius 1 is 1.00 bits per heavy atom. The molecule has 5 nitrogen and oxygen atoms in total. The van der Waals surface area contributed by atoms with E-state index in [-0.39, 0.29) is 36.6 Å². The van der Waals surface area contributed by atoms with Crippen molar-refractivity contribution in [2.45, 2.75) is 19.4 Å². The Balaban J connectivity index is 1.39. The highest BCUT2D eigenvalue weighted by Gasteiger charge is 2.25. The number of nitrogens with zero attached hydrogens (tertiary/aromatic N) is 1. The van der Waals surface area contributed by atoms with Gasteiger partial charge in [-0.05, 0) is 44.1 Å². The van der Waals surface area contributed by atoms with Crippen LogP contribution in [0.25, 0.3) is 0 Å². The van der Waals surface area contributed by atoms with Crippen molar-refractivity contribution in [2.24, 2.45) is 5.92 Å². The lowest BCUT2D eigenvalue weighted by atomic mass is 9.96. The quantitative estimate of drug-likeness (QED) is 0.823. The fourth-order valence-electron chi connectivity index (χ4n) is 3.21. The zero-order valence-corrected chi connectivity index (χ0v) is 15.2. The normalized spacial score (nSPS) is 15.3. The molecule has 142 valence electrons. The Labute approximate surface area is 158 Å². The van der Waals surface area contributed by atoms with Gasteiger partial charge in [-0.2, -0.15) is 0 Å². The standard InChI is InChI=1S/C21H24FN3O2/c22-19-9-5-4-6-17(19)14-23-20(26)15-25-12-10-16(11-13-25)21(27)24-18-7-2-1-3-8-18/h1-9,16H,10-15H2,(H,23,26)(H,24,27). The van der Waals surface area contributed by atoms with Gasteiger partial charge in [0.1, 0.15) is 5.82 Å². The first-order valence-electron chi connectivity index (χ1n) is 9.20. The first-order chi connectivity index (χ1) is 13.1. The van der Waals surface area contributed by atoms with Crippen molar-refractivity contribution in [3.05, 3.63) is 66.0 Å². The van der Waals surface area contributed by atoms with Gasteiger partial charge in [0.25, 0.3) is 0 Å². The molecule has 0 spiro atoms. The molecule has 2 amide bonds. The molecular formula is C21H24FN3O2. The van der Waals surface area contributed by atoms with Gasteiger partial charge in [-0.15, -0.1) is 0 Å². The summed E-state index contributed by atoms with van der Waals surface area (Å²) in [6.07, 6.45) is 1.44. The van der Waals surface area contributed by atoms with Crippen molar-refractivity contribution in [1.82, 2.24) is 10.2 Å². The van der Waals surface area contributed by atoms with Crippen LogP contribution in [0.5, 0.6) is 0 Å². The number of rotatable bonds is 6. The Hall–Kier alpha value is -2.73. The third-order valence-corrected chi connectivity index (χ3v) is 4.80. The van der Waals surface area contributed by atoms with E-state index < -0.39 is 0 Å².